The Kier molecular flexibility index (Phi) is 14.1. The van der Waals surface area contributed by atoms with Crippen LogP contribution in [0.5, 0.6) is 0 Å². The lowest BCUT2D eigenvalue weighted by atomic mass is 9.93. The number of fused-ring (bicyclic) bond motifs is 2. The van der Waals surface area contributed by atoms with Gasteiger partial charge in [-0.25, -0.2) is 24.1 Å². The number of ether oxygens (including phenoxy) is 9. The van der Waals surface area contributed by atoms with Crippen LogP contribution in [-0.4, -0.2) is 133 Å². The first kappa shape index (κ1) is 46.9. The fraction of sp³-hybridized carbons (Fsp3) is 0.688. The van der Waals surface area contributed by atoms with Crippen LogP contribution in [-0.2, 0) is 89.1 Å². The number of anilines is 1. The molecule has 3 fully saturated rings. The van der Waals surface area contributed by atoms with E-state index in [1.165, 1.54) is 17.2 Å². The number of imidazole rings is 1. The van der Waals surface area contributed by atoms with Gasteiger partial charge in [-0.2, -0.15) is 4.31 Å². The maximum absolute atomic E-state index is 13.6. The molecule has 3 saturated heterocycles. The number of rotatable bonds is 16. The lowest BCUT2D eigenvalue weighted by molar-refractivity contribution is -0.301. The number of nitrogens with two attached hydrogens (primary N) is 1. The predicted octanol–water partition coefficient (Wildman–Crippen LogP) is 0.872. The van der Waals surface area contributed by atoms with Gasteiger partial charge < -0.3 is 58.2 Å². The average Bonchev–Trinajstić information content (AvgIpc) is 3.77. The lowest BCUT2D eigenvalue weighted by Crippen LogP contribution is -2.65. The molecule has 0 spiro atoms. The normalized spacial score (nSPS) is 30.9. The van der Waals surface area contributed by atoms with Crippen LogP contribution in [0, 0.1) is 0 Å². The molecule has 3 aliphatic rings. The molecule has 12 atom stereocenters. The summed E-state index contributed by atoms with van der Waals surface area (Å²) in [5.74, 6) is -6.19. The topological polar surface area (TPSA) is 340 Å². The molecule has 2 aromatic rings. The van der Waals surface area contributed by atoms with Crippen molar-refractivity contribution in [3.63, 3.8) is 0 Å². The van der Waals surface area contributed by atoms with Crippen molar-refractivity contribution >= 4 is 62.5 Å². The van der Waals surface area contributed by atoms with Gasteiger partial charge in [-0.05, 0) is 20.3 Å². The first-order valence-electron chi connectivity index (χ1n) is 18.0. The molecular weight excluding hydrogens is 852 g/mol. The Balaban J connectivity index is 1.42. The summed E-state index contributed by atoms with van der Waals surface area (Å²) in [6, 6.07) is 0. The van der Waals surface area contributed by atoms with E-state index in [0.29, 0.717) is 0 Å². The second-order valence-electron chi connectivity index (χ2n) is 14.1. The van der Waals surface area contributed by atoms with E-state index in [0.717, 1.165) is 34.6 Å². The fourth-order valence-electron chi connectivity index (χ4n) is 6.85. The van der Waals surface area contributed by atoms with E-state index in [-0.39, 0.29) is 23.4 Å². The van der Waals surface area contributed by atoms with Gasteiger partial charge in [0.2, 0.25) is 6.29 Å². The smallest absolute Gasteiger partial charge is 0.462 e. The average molecular weight is 898 g/mol. The van der Waals surface area contributed by atoms with Crippen LogP contribution < -0.4 is 5.73 Å². The molecule has 5 rings (SSSR count). The van der Waals surface area contributed by atoms with Crippen molar-refractivity contribution in [3.05, 3.63) is 12.7 Å². The number of esters is 5. The standard InChI is InChI=1S/C32H45N5O21P2/c1-9-32(26-25(54-31(7,8)55-26)29(56-32)37-13-36-20-27(33)34-12-35-28(20)37)11-48-59(43,44)58-60(45,46)57-30-24(52-18(6)42)23(51-17(5)41)22(50-16(4)40)21(53-30)19(49-15(3)39)10-47-14(2)38/h12-13,19,21-26,29-30H,9-11H2,1-8H3,(H,43,44)(H,45,46)(H2,33,34,35)/t19-,21?,22?,23?,24?,25?,26-,29?,30?,32?/m1/s1. The minimum atomic E-state index is -5.94. The minimum Gasteiger partial charge on any atom is -0.462 e. The Labute approximate surface area is 340 Å². The SMILES string of the molecule is CCC1(COP(=O)(O)OP(=O)(O)OC2OC([C@@H](COC(C)=O)OC(C)=O)C(OC(C)=O)C(OC(C)=O)C2OC(C)=O)OC(n2cnc3c(N)ncnc32)C2OC(C)(C)O[C@H]21. The van der Waals surface area contributed by atoms with Crippen LogP contribution in [0.4, 0.5) is 5.82 Å². The van der Waals surface area contributed by atoms with E-state index in [2.05, 4.69) is 19.3 Å². The van der Waals surface area contributed by atoms with Gasteiger partial charge in [0.05, 0.1) is 12.9 Å². The first-order chi connectivity index (χ1) is 27.9. The quantitative estimate of drug-likeness (QED) is 0.120. The lowest BCUT2D eigenvalue weighted by Gasteiger charge is -2.45. The predicted molar refractivity (Wildman–Crippen MR) is 192 cm³/mol. The molecule has 10 unspecified atom stereocenters. The Hall–Kier alpha value is -4.20. The van der Waals surface area contributed by atoms with Gasteiger partial charge in [-0.3, -0.25) is 37.6 Å². The third-order valence-corrected chi connectivity index (χ3v) is 11.6. The molecule has 0 bridgehead atoms. The third-order valence-electron chi connectivity index (χ3n) is 9.03. The van der Waals surface area contributed by atoms with Crippen molar-refractivity contribution in [2.24, 2.45) is 0 Å². The Morgan fingerprint density at radius 3 is 2.10 bits per heavy atom. The number of nitrogens with zero attached hydrogens (tertiary/aromatic N) is 4. The summed E-state index contributed by atoms with van der Waals surface area (Å²) in [4.78, 5) is 94.9. The van der Waals surface area contributed by atoms with Gasteiger partial charge in [0.25, 0.3) is 0 Å². The molecule has 0 aromatic carbocycles. The highest BCUT2D eigenvalue weighted by molar-refractivity contribution is 7.61. The summed E-state index contributed by atoms with van der Waals surface area (Å²) in [7, 11) is -11.6. The van der Waals surface area contributed by atoms with Crippen LogP contribution in [0.15, 0.2) is 12.7 Å². The largest absolute Gasteiger partial charge is 0.483 e. The van der Waals surface area contributed by atoms with Crippen molar-refractivity contribution < 1.29 is 98.9 Å². The van der Waals surface area contributed by atoms with Crippen LogP contribution in [0.3, 0.4) is 0 Å². The zero-order valence-electron chi connectivity index (χ0n) is 33.4. The highest BCUT2D eigenvalue weighted by Gasteiger charge is 2.64. The second-order valence-corrected chi connectivity index (χ2v) is 17.1. The highest BCUT2D eigenvalue weighted by Crippen LogP contribution is 2.62. The number of phosphoric acid groups is 2. The maximum Gasteiger partial charge on any atom is 0.483 e. The molecule has 0 radical (unpaired) electrons. The number of aromatic nitrogens is 4. The van der Waals surface area contributed by atoms with Gasteiger partial charge in [0.15, 0.2) is 47.9 Å². The monoisotopic (exact) mass is 897 g/mol. The molecule has 4 N–H and O–H groups in total. The Bertz CT molecular complexity index is 2070. The summed E-state index contributed by atoms with van der Waals surface area (Å²) in [5, 5.41) is 0. The molecule has 0 amide bonds. The maximum atomic E-state index is 13.6. The van der Waals surface area contributed by atoms with Gasteiger partial charge in [0.1, 0.15) is 42.4 Å². The zero-order valence-corrected chi connectivity index (χ0v) is 35.2. The molecule has 60 heavy (non-hydrogen) atoms. The zero-order chi connectivity index (χ0) is 44.5. The van der Waals surface area contributed by atoms with Crippen molar-refractivity contribution in [2.75, 3.05) is 18.9 Å². The number of hydrogen-bond donors (Lipinski definition) is 3. The molecule has 28 heteroatoms. The Morgan fingerprint density at radius 1 is 0.867 bits per heavy atom. The molecular formula is C32H45N5O21P2. The van der Waals surface area contributed by atoms with E-state index in [1.54, 1.807) is 20.8 Å². The molecule has 0 saturated carbocycles. The van der Waals surface area contributed by atoms with Crippen molar-refractivity contribution in [1.82, 2.24) is 19.5 Å². The van der Waals surface area contributed by atoms with Crippen molar-refractivity contribution in [1.29, 1.82) is 0 Å². The second kappa shape index (κ2) is 18.0. The summed E-state index contributed by atoms with van der Waals surface area (Å²) < 4.78 is 94.1. The van der Waals surface area contributed by atoms with Crippen molar-refractivity contribution in [3.8, 4) is 0 Å². The fourth-order valence-corrected chi connectivity index (χ4v) is 9.05. The van der Waals surface area contributed by atoms with Crippen LogP contribution in [0.1, 0.15) is 68.0 Å². The van der Waals surface area contributed by atoms with E-state index in [9.17, 15) is 42.9 Å². The van der Waals surface area contributed by atoms with E-state index >= 15 is 0 Å². The molecule has 2 aromatic heterocycles. The number of carbonyl (C=O) groups excluding carboxylic acids is 5. The number of hydrogen-bond acceptors (Lipinski definition) is 23. The first-order valence-corrected chi connectivity index (χ1v) is 21.0. The van der Waals surface area contributed by atoms with Crippen LogP contribution in [0.25, 0.3) is 11.2 Å². The van der Waals surface area contributed by atoms with Gasteiger partial charge >= 0.3 is 45.5 Å². The molecule has 334 valence electrons. The number of nitrogen functional groups attached to an aromatic ring is 1. The number of phosphoric ester groups is 2. The van der Waals surface area contributed by atoms with Gasteiger partial charge in [-0.1, -0.05) is 6.92 Å². The molecule has 3 aliphatic heterocycles. The summed E-state index contributed by atoms with van der Waals surface area (Å²) in [6.07, 6.45) is -12.2. The highest BCUT2D eigenvalue weighted by atomic mass is 31.3. The van der Waals surface area contributed by atoms with E-state index in [1.807, 2.05) is 0 Å². The summed E-state index contributed by atoms with van der Waals surface area (Å²) >= 11 is 0. The van der Waals surface area contributed by atoms with Gasteiger partial charge in [0, 0.05) is 34.6 Å². The van der Waals surface area contributed by atoms with Crippen molar-refractivity contribution in [2.45, 2.75) is 128 Å². The Morgan fingerprint density at radius 2 is 1.50 bits per heavy atom. The van der Waals surface area contributed by atoms with E-state index in [4.69, 9.17) is 57.4 Å². The third kappa shape index (κ3) is 10.8. The minimum absolute atomic E-state index is 0.0421. The summed E-state index contributed by atoms with van der Waals surface area (Å²) in [5.41, 5.74) is 4.89. The van der Waals surface area contributed by atoms with Gasteiger partial charge in [-0.15, -0.1) is 0 Å². The van der Waals surface area contributed by atoms with Crippen LogP contribution >= 0.6 is 15.6 Å². The molecule has 0 aliphatic carbocycles. The van der Waals surface area contributed by atoms with E-state index < -0.39 is 125 Å². The van der Waals surface area contributed by atoms with Crippen LogP contribution in [0.2, 0.25) is 0 Å². The summed E-state index contributed by atoms with van der Waals surface area (Å²) in [6.45, 7) is 7.98. The molecule has 26 nitrogen and oxygen atoms in total. The molecule has 5 heterocycles. The number of carbonyl (C=O) groups is 5.